The van der Waals surface area contributed by atoms with Crippen LogP contribution in [0.15, 0.2) is 34.2 Å². The third-order valence-electron chi connectivity index (χ3n) is 1.90. The highest BCUT2D eigenvalue weighted by molar-refractivity contribution is 7.98. The summed E-state index contributed by atoms with van der Waals surface area (Å²) in [4.78, 5) is 5.56. The van der Waals surface area contributed by atoms with Crippen molar-refractivity contribution < 1.29 is 0 Å². The second-order valence-corrected chi connectivity index (χ2v) is 4.27. The molecule has 1 rings (SSSR count). The quantitative estimate of drug-likeness (QED) is 0.471. The predicted molar refractivity (Wildman–Crippen MR) is 64.3 cm³/mol. The number of nitrogens with zero attached hydrogens (tertiary/aromatic N) is 1. The molecule has 0 fully saturated rings. The van der Waals surface area contributed by atoms with Crippen molar-refractivity contribution in [1.29, 1.82) is 0 Å². The van der Waals surface area contributed by atoms with Crippen molar-refractivity contribution in [3.05, 3.63) is 24.3 Å². The number of hydrogen-bond donors (Lipinski definition) is 1. The maximum atomic E-state index is 5.78. The van der Waals surface area contributed by atoms with E-state index in [1.54, 1.807) is 11.8 Å². The monoisotopic (exact) mass is 208 g/mol. The molecule has 76 valence electrons. The van der Waals surface area contributed by atoms with Crippen LogP contribution < -0.4 is 5.73 Å². The van der Waals surface area contributed by atoms with Crippen molar-refractivity contribution in [2.45, 2.75) is 18.7 Å². The molecule has 2 N–H and O–H groups in total. The molecule has 0 atom stereocenters. The number of hydrogen-bond acceptors (Lipinski definition) is 2. The molecule has 1 aromatic rings. The molecular formula is C11H16N2S. The van der Waals surface area contributed by atoms with Crippen LogP contribution in [0.4, 0.5) is 5.69 Å². The lowest BCUT2D eigenvalue weighted by molar-refractivity contribution is 0.873. The van der Waals surface area contributed by atoms with Crippen LogP contribution in [0.1, 0.15) is 13.8 Å². The maximum Gasteiger partial charge on any atom is 0.102 e. The molecule has 3 heteroatoms. The minimum Gasteiger partial charge on any atom is -0.387 e. The van der Waals surface area contributed by atoms with Crippen LogP contribution in [0, 0.1) is 5.92 Å². The third-order valence-corrected chi connectivity index (χ3v) is 2.63. The molecule has 2 nitrogen and oxygen atoms in total. The van der Waals surface area contributed by atoms with Gasteiger partial charge in [-0.2, -0.15) is 0 Å². The van der Waals surface area contributed by atoms with Crippen molar-refractivity contribution >= 4 is 23.3 Å². The molecule has 1 aromatic carbocycles. The topological polar surface area (TPSA) is 38.4 Å². The van der Waals surface area contributed by atoms with Gasteiger partial charge in [-0.05, 0) is 24.5 Å². The van der Waals surface area contributed by atoms with E-state index >= 15 is 0 Å². The molecule has 14 heavy (non-hydrogen) atoms. The molecule has 0 spiro atoms. The smallest absolute Gasteiger partial charge is 0.102 e. The minimum atomic E-state index is 0.299. The second kappa shape index (κ2) is 5.05. The fourth-order valence-electron chi connectivity index (χ4n) is 0.958. The first-order valence-corrected chi connectivity index (χ1v) is 5.84. The summed E-state index contributed by atoms with van der Waals surface area (Å²) >= 11 is 1.71. The molecule has 0 aliphatic heterocycles. The largest absolute Gasteiger partial charge is 0.387 e. The predicted octanol–water partition coefficient (Wildman–Crippen LogP) is 3.05. The highest BCUT2D eigenvalue weighted by Gasteiger charge is 1.99. The van der Waals surface area contributed by atoms with Crippen LogP contribution in [0.25, 0.3) is 0 Å². The van der Waals surface area contributed by atoms with E-state index in [2.05, 4.69) is 17.3 Å². The standard InChI is InChI=1S/C11H16N2S/c1-8(2)11(12)13-9-5-4-6-10(7-9)14-3/h4-8H,1-3H3,(H2,12,13). The summed E-state index contributed by atoms with van der Waals surface area (Å²) in [5, 5.41) is 0. The molecule has 0 saturated heterocycles. The van der Waals surface area contributed by atoms with Gasteiger partial charge >= 0.3 is 0 Å². The Morgan fingerprint density at radius 2 is 2.14 bits per heavy atom. The zero-order valence-electron chi connectivity index (χ0n) is 8.82. The van der Waals surface area contributed by atoms with Gasteiger partial charge in [0.05, 0.1) is 5.69 Å². The molecule has 0 aliphatic carbocycles. The van der Waals surface area contributed by atoms with E-state index in [9.17, 15) is 0 Å². The zero-order valence-corrected chi connectivity index (χ0v) is 9.64. The number of benzene rings is 1. The van der Waals surface area contributed by atoms with E-state index in [-0.39, 0.29) is 0 Å². The van der Waals surface area contributed by atoms with E-state index in [4.69, 9.17) is 5.73 Å². The van der Waals surface area contributed by atoms with Crippen LogP contribution in [-0.4, -0.2) is 12.1 Å². The summed E-state index contributed by atoms with van der Waals surface area (Å²) in [6.07, 6.45) is 2.05. The molecule has 0 radical (unpaired) electrons. The summed E-state index contributed by atoms with van der Waals surface area (Å²) in [5.74, 6) is 0.983. The van der Waals surface area contributed by atoms with E-state index < -0.39 is 0 Å². The van der Waals surface area contributed by atoms with Crippen molar-refractivity contribution in [1.82, 2.24) is 0 Å². The Morgan fingerprint density at radius 3 is 2.71 bits per heavy atom. The van der Waals surface area contributed by atoms with Crippen LogP contribution in [-0.2, 0) is 0 Å². The molecule has 0 unspecified atom stereocenters. The molecule has 0 aliphatic rings. The van der Waals surface area contributed by atoms with E-state index in [0.29, 0.717) is 11.8 Å². The van der Waals surface area contributed by atoms with Crippen LogP contribution in [0.3, 0.4) is 0 Å². The average Bonchev–Trinajstić information content (AvgIpc) is 2.18. The Balaban J connectivity index is 2.91. The van der Waals surface area contributed by atoms with Gasteiger partial charge in [0, 0.05) is 10.8 Å². The van der Waals surface area contributed by atoms with Gasteiger partial charge in [-0.1, -0.05) is 19.9 Å². The number of rotatable bonds is 3. The van der Waals surface area contributed by atoms with Crippen molar-refractivity contribution in [3.63, 3.8) is 0 Å². The van der Waals surface area contributed by atoms with E-state index in [0.717, 1.165) is 5.69 Å². The highest BCUT2D eigenvalue weighted by Crippen LogP contribution is 2.21. The summed E-state index contributed by atoms with van der Waals surface area (Å²) in [6.45, 7) is 4.08. The number of nitrogens with two attached hydrogens (primary N) is 1. The second-order valence-electron chi connectivity index (χ2n) is 3.39. The summed E-state index contributed by atoms with van der Waals surface area (Å²) in [5.41, 5.74) is 6.72. The first-order valence-electron chi connectivity index (χ1n) is 4.61. The Morgan fingerprint density at radius 1 is 1.43 bits per heavy atom. The van der Waals surface area contributed by atoms with Gasteiger partial charge < -0.3 is 5.73 Å². The third kappa shape index (κ3) is 3.07. The molecule has 0 heterocycles. The van der Waals surface area contributed by atoms with Crippen LogP contribution in [0.2, 0.25) is 0 Å². The Labute approximate surface area is 89.6 Å². The number of thioether (sulfide) groups is 1. The van der Waals surface area contributed by atoms with Crippen molar-refractivity contribution in [3.8, 4) is 0 Å². The minimum absolute atomic E-state index is 0.299. The Kier molecular flexibility index (Phi) is 4.01. The van der Waals surface area contributed by atoms with Crippen LogP contribution in [0.5, 0.6) is 0 Å². The van der Waals surface area contributed by atoms with Crippen molar-refractivity contribution in [2.75, 3.05) is 6.26 Å². The zero-order chi connectivity index (χ0) is 10.6. The number of aliphatic imine (C=N–C) groups is 1. The van der Waals surface area contributed by atoms with Gasteiger partial charge in [-0.25, -0.2) is 4.99 Å². The lowest BCUT2D eigenvalue weighted by Crippen LogP contribution is -2.17. The summed E-state index contributed by atoms with van der Waals surface area (Å²) in [6, 6.07) is 8.07. The van der Waals surface area contributed by atoms with E-state index in [1.165, 1.54) is 4.90 Å². The maximum absolute atomic E-state index is 5.78. The van der Waals surface area contributed by atoms with Gasteiger partial charge in [0.25, 0.3) is 0 Å². The molecule has 0 amide bonds. The summed E-state index contributed by atoms with van der Waals surface area (Å²) < 4.78 is 0. The highest BCUT2D eigenvalue weighted by atomic mass is 32.2. The lowest BCUT2D eigenvalue weighted by Gasteiger charge is -2.04. The lowest BCUT2D eigenvalue weighted by atomic mass is 10.2. The van der Waals surface area contributed by atoms with Gasteiger partial charge in [-0.3, -0.25) is 0 Å². The fraction of sp³-hybridized carbons (Fsp3) is 0.364. The SMILES string of the molecule is CSc1cccc(N=C(N)C(C)C)c1. The van der Waals surface area contributed by atoms with Crippen LogP contribution >= 0.6 is 11.8 Å². The normalized spacial score (nSPS) is 12.1. The fourth-order valence-corrected chi connectivity index (χ4v) is 1.41. The number of amidine groups is 1. The van der Waals surface area contributed by atoms with Gasteiger partial charge in [0.1, 0.15) is 5.84 Å². The molecular weight excluding hydrogens is 192 g/mol. The van der Waals surface area contributed by atoms with Gasteiger partial charge in [0.15, 0.2) is 0 Å². The molecule has 0 bridgehead atoms. The Bertz CT molecular complexity index is 332. The average molecular weight is 208 g/mol. The van der Waals surface area contributed by atoms with E-state index in [1.807, 2.05) is 32.0 Å². The first-order chi connectivity index (χ1) is 6.63. The Hall–Kier alpha value is -0.960. The molecule has 0 aromatic heterocycles. The first kappa shape index (κ1) is 11.1. The van der Waals surface area contributed by atoms with Gasteiger partial charge in [0.2, 0.25) is 0 Å². The molecule has 0 saturated carbocycles. The van der Waals surface area contributed by atoms with Crippen molar-refractivity contribution in [2.24, 2.45) is 16.6 Å². The summed E-state index contributed by atoms with van der Waals surface area (Å²) in [7, 11) is 0. The van der Waals surface area contributed by atoms with Gasteiger partial charge in [-0.15, -0.1) is 11.8 Å².